The van der Waals surface area contributed by atoms with Crippen molar-refractivity contribution in [2.24, 2.45) is 0 Å². The second-order valence-electron chi connectivity index (χ2n) is 2.89. The van der Waals surface area contributed by atoms with Gasteiger partial charge in [0.05, 0.1) is 5.56 Å². The van der Waals surface area contributed by atoms with E-state index >= 15 is 0 Å². The standard InChI is InChI=1S/C9H9BrF3N/c1-5-3-7(10)8(14-2)4-6(5)9(11,12)13/h3-4,14H,1-2H3. The van der Waals surface area contributed by atoms with E-state index in [0.717, 1.165) is 6.07 Å². The lowest BCUT2D eigenvalue weighted by Gasteiger charge is -2.13. The van der Waals surface area contributed by atoms with E-state index in [1.165, 1.54) is 13.0 Å². The van der Waals surface area contributed by atoms with Crippen LogP contribution in [0.4, 0.5) is 18.9 Å². The fraction of sp³-hybridized carbons (Fsp3) is 0.333. The van der Waals surface area contributed by atoms with Crippen LogP contribution in [-0.4, -0.2) is 7.05 Å². The average molecular weight is 268 g/mol. The van der Waals surface area contributed by atoms with Crippen LogP contribution >= 0.6 is 15.9 Å². The molecule has 5 heteroatoms. The number of rotatable bonds is 1. The van der Waals surface area contributed by atoms with Crippen molar-refractivity contribution in [3.8, 4) is 0 Å². The summed E-state index contributed by atoms with van der Waals surface area (Å²) >= 11 is 3.18. The summed E-state index contributed by atoms with van der Waals surface area (Å²) in [5.41, 5.74) is 0.0383. The predicted molar refractivity (Wildman–Crippen MR) is 53.4 cm³/mol. The number of alkyl halides is 3. The van der Waals surface area contributed by atoms with E-state index in [1.807, 2.05) is 0 Å². The van der Waals surface area contributed by atoms with E-state index < -0.39 is 11.7 Å². The maximum absolute atomic E-state index is 12.5. The second kappa shape index (κ2) is 3.81. The lowest BCUT2D eigenvalue weighted by Crippen LogP contribution is -2.08. The number of nitrogens with one attached hydrogen (secondary N) is 1. The monoisotopic (exact) mass is 267 g/mol. The molecular formula is C9H9BrF3N. The van der Waals surface area contributed by atoms with E-state index in [0.29, 0.717) is 10.2 Å². The third kappa shape index (κ3) is 2.20. The lowest BCUT2D eigenvalue weighted by atomic mass is 10.1. The van der Waals surface area contributed by atoms with Gasteiger partial charge in [-0.3, -0.25) is 0 Å². The van der Waals surface area contributed by atoms with Gasteiger partial charge in [0.1, 0.15) is 0 Å². The molecule has 1 aromatic carbocycles. The molecule has 0 aliphatic carbocycles. The van der Waals surface area contributed by atoms with Gasteiger partial charge < -0.3 is 5.32 Å². The van der Waals surface area contributed by atoms with Crippen molar-refractivity contribution in [1.82, 2.24) is 0 Å². The van der Waals surface area contributed by atoms with Crippen LogP contribution in [0.5, 0.6) is 0 Å². The minimum atomic E-state index is -4.30. The molecule has 0 spiro atoms. The zero-order valence-electron chi connectivity index (χ0n) is 7.67. The van der Waals surface area contributed by atoms with E-state index in [-0.39, 0.29) is 5.56 Å². The molecule has 78 valence electrons. The fourth-order valence-corrected chi connectivity index (χ4v) is 1.83. The summed E-state index contributed by atoms with van der Waals surface area (Å²) in [5, 5.41) is 2.69. The molecule has 0 atom stereocenters. The van der Waals surface area contributed by atoms with Gasteiger partial charge in [0.25, 0.3) is 0 Å². The SMILES string of the molecule is CNc1cc(C(F)(F)F)c(C)cc1Br. The van der Waals surface area contributed by atoms with Gasteiger partial charge in [-0.05, 0) is 40.5 Å². The molecule has 0 bridgehead atoms. The molecular weight excluding hydrogens is 259 g/mol. The Morgan fingerprint density at radius 1 is 1.29 bits per heavy atom. The molecule has 1 aromatic rings. The molecule has 0 fully saturated rings. The molecule has 0 radical (unpaired) electrons. The molecule has 0 saturated heterocycles. The topological polar surface area (TPSA) is 12.0 Å². The maximum atomic E-state index is 12.5. The van der Waals surface area contributed by atoms with Gasteiger partial charge >= 0.3 is 6.18 Å². The summed E-state index contributed by atoms with van der Waals surface area (Å²) in [6.45, 7) is 1.44. The fourth-order valence-electron chi connectivity index (χ4n) is 1.17. The van der Waals surface area contributed by atoms with Gasteiger partial charge in [-0.25, -0.2) is 0 Å². The number of anilines is 1. The van der Waals surface area contributed by atoms with E-state index in [4.69, 9.17) is 0 Å². The maximum Gasteiger partial charge on any atom is 0.416 e. The molecule has 0 amide bonds. The highest BCUT2D eigenvalue weighted by molar-refractivity contribution is 9.10. The normalized spacial score (nSPS) is 11.6. The first-order valence-electron chi connectivity index (χ1n) is 3.91. The summed E-state index contributed by atoms with van der Waals surface area (Å²) in [5.74, 6) is 0. The van der Waals surface area contributed by atoms with Crippen LogP contribution in [0.3, 0.4) is 0 Å². The first kappa shape index (κ1) is 11.4. The van der Waals surface area contributed by atoms with Crippen LogP contribution in [0.2, 0.25) is 0 Å². The van der Waals surface area contributed by atoms with Crippen LogP contribution in [0.25, 0.3) is 0 Å². The van der Waals surface area contributed by atoms with Crippen molar-refractivity contribution in [1.29, 1.82) is 0 Å². The molecule has 0 saturated carbocycles. The van der Waals surface area contributed by atoms with E-state index in [1.54, 1.807) is 7.05 Å². The first-order chi connectivity index (χ1) is 6.36. The number of halogens is 4. The van der Waals surface area contributed by atoms with Crippen LogP contribution < -0.4 is 5.32 Å². The number of hydrogen-bond acceptors (Lipinski definition) is 1. The van der Waals surface area contributed by atoms with Crippen LogP contribution in [-0.2, 0) is 6.18 Å². The van der Waals surface area contributed by atoms with Gasteiger partial charge in [-0.1, -0.05) is 0 Å². The Morgan fingerprint density at radius 3 is 2.29 bits per heavy atom. The highest BCUT2D eigenvalue weighted by Gasteiger charge is 2.32. The third-order valence-corrected chi connectivity index (χ3v) is 2.54. The Hall–Kier alpha value is -0.710. The van der Waals surface area contributed by atoms with E-state index in [9.17, 15) is 13.2 Å². The minimum Gasteiger partial charge on any atom is -0.387 e. The second-order valence-corrected chi connectivity index (χ2v) is 3.75. The van der Waals surface area contributed by atoms with E-state index in [2.05, 4.69) is 21.2 Å². The molecule has 0 heterocycles. The summed E-state index contributed by atoms with van der Waals surface area (Å²) in [6.07, 6.45) is -4.30. The van der Waals surface area contributed by atoms with Crippen LogP contribution in [0, 0.1) is 6.92 Å². The van der Waals surface area contributed by atoms with Crippen molar-refractivity contribution in [3.05, 3.63) is 27.7 Å². The molecule has 0 unspecified atom stereocenters. The van der Waals surface area contributed by atoms with Crippen LogP contribution in [0.1, 0.15) is 11.1 Å². The summed E-state index contributed by atoms with van der Waals surface area (Å²) in [4.78, 5) is 0. The Labute approximate surface area is 88.4 Å². The first-order valence-corrected chi connectivity index (χ1v) is 4.70. The molecule has 1 rings (SSSR count). The van der Waals surface area contributed by atoms with Gasteiger partial charge in [-0.2, -0.15) is 13.2 Å². The van der Waals surface area contributed by atoms with Crippen LogP contribution in [0.15, 0.2) is 16.6 Å². The molecule has 0 aliphatic heterocycles. The lowest BCUT2D eigenvalue weighted by molar-refractivity contribution is -0.138. The Morgan fingerprint density at radius 2 is 1.86 bits per heavy atom. The number of hydrogen-bond donors (Lipinski definition) is 1. The molecule has 1 nitrogen and oxygen atoms in total. The quantitative estimate of drug-likeness (QED) is 0.816. The number of aryl methyl sites for hydroxylation is 1. The third-order valence-electron chi connectivity index (χ3n) is 1.89. The van der Waals surface area contributed by atoms with Gasteiger partial charge in [-0.15, -0.1) is 0 Å². The van der Waals surface area contributed by atoms with Gasteiger partial charge in [0.15, 0.2) is 0 Å². The number of benzene rings is 1. The average Bonchev–Trinajstić information content (AvgIpc) is 2.02. The van der Waals surface area contributed by atoms with Crippen molar-refractivity contribution in [2.45, 2.75) is 13.1 Å². The Kier molecular flexibility index (Phi) is 3.09. The Balaban J connectivity index is 3.32. The van der Waals surface area contributed by atoms with Crippen molar-refractivity contribution < 1.29 is 13.2 Å². The van der Waals surface area contributed by atoms with Crippen molar-refractivity contribution in [2.75, 3.05) is 12.4 Å². The zero-order chi connectivity index (χ0) is 10.9. The molecule has 1 N–H and O–H groups in total. The highest BCUT2D eigenvalue weighted by atomic mass is 79.9. The van der Waals surface area contributed by atoms with Crippen molar-refractivity contribution in [3.63, 3.8) is 0 Å². The Bertz CT molecular complexity index is 347. The molecule has 0 aromatic heterocycles. The highest BCUT2D eigenvalue weighted by Crippen LogP contribution is 2.36. The summed E-state index contributed by atoms with van der Waals surface area (Å²) in [6, 6.07) is 2.55. The summed E-state index contributed by atoms with van der Waals surface area (Å²) in [7, 11) is 1.58. The predicted octanol–water partition coefficient (Wildman–Crippen LogP) is 3.82. The van der Waals surface area contributed by atoms with Gasteiger partial charge in [0, 0.05) is 17.2 Å². The molecule has 14 heavy (non-hydrogen) atoms. The zero-order valence-corrected chi connectivity index (χ0v) is 9.25. The van der Waals surface area contributed by atoms with Gasteiger partial charge in [0.2, 0.25) is 0 Å². The largest absolute Gasteiger partial charge is 0.416 e. The summed E-state index contributed by atoms with van der Waals surface area (Å²) < 4.78 is 38.0. The molecule has 0 aliphatic rings. The van der Waals surface area contributed by atoms with Crippen molar-refractivity contribution >= 4 is 21.6 Å². The minimum absolute atomic E-state index is 0.211. The smallest absolute Gasteiger partial charge is 0.387 e.